The normalized spacial score (nSPS) is 11.2. The molecule has 4 aromatic carbocycles. The fourth-order valence-electron chi connectivity index (χ4n) is 4.54. The Morgan fingerprint density at radius 1 is 0.848 bits per heavy atom. The first kappa shape index (κ1) is 20.8. The van der Waals surface area contributed by atoms with Crippen LogP contribution in [0.15, 0.2) is 91.0 Å². The molecule has 0 atom stereocenters. The van der Waals surface area contributed by atoms with Gasteiger partial charge in [0, 0.05) is 22.8 Å². The van der Waals surface area contributed by atoms with Gasteiger partial charge in [0.1, 0.15) is 11.4 Å². The van der Waals surface area contributed by atoms with Gasteiger partial charge < -0.3 is 14.4 Å². The lowest BCUT2D eigenvalue weighted by molar-refractivity contribution is 0.0685. The van der Waals surface area contributed by atoms with E-state index in [9.17, 15) is 9.90 Å². The van der Waals surface area contributed by atoms with Crippen LogP contribution in [0, 0.1) is 6.92 Å². The Kier molecular flexibility index (Phi) is 5.57. The van der Waals surface area contributed by atoms with Crippen LogP contribution in [0.5, 0.6) is 5.75 Å². The second-order valence-corrected chi connectivity index (χ2v) is 8.22. The lowest BCUT2D eigenvalue weighted by Crippen LogP contribution is -2.11. The van der Waals surface area contributed by atoms with Crippen LogP contribution in [0.2, 0.25) is 0 Å². The summed E-state index contributed by atoms with van der Waals surface area (Å²) in [5, 5.41) is 13.1. The van der Waals surface area contributed by atoms with E-state index in [2.05, 4.69) is 43.3 Å². The van der Waals surface area contributed by atoms with E-state index in [1.165, 1.54) is 0 Å². The Morgan fingerprint density at radius 3 is 2.42 bits per heavy atom. The number of aromatic nitrogens is 1. The summed E-state index contributed by atoms with van der Waals surface area (Å²) in [5.41, 5.74) is 4.57. The quantitative estimate of drug-likeness (QED) is 0.282. The van der Waals surface area contributed by atoms with Gasteiger partial charge in [0.15, 0.2) is 0 Å². The first-order valence-electron chi connectivity index (χ1n) is 11.2. The van der Waals surface area contributed by atoms with Crippen molar-refractivity contribution in [2.45, 2.75) is 19.9 Å². The Hall–Kier alpha value is -4.05. The summed E-state index contributed by atoms with van der Waals surface area (Å²) >= 11 is 0. The highest BCUT2D eigenvalue weighted by Crippen LogP contribution is 2.33. The van der Waals surface area contributed by atoms with E-state index < -0.39 is 5.97 Å². The van der Waals surface area contributed by atoms with E-state index >= 15 is 0 Å². The van der Waals surface area contributed by atoms with Crippen LogP contribution in [0.4, 0.5) is 0 Å². The second-order valence-electron chi connectivity index (χ2n) is 8.22. The fraction of sp³-hybridized carbons (Fsp3) is 0.138. The van der Waals surface area contributed by atoms with Crippen LogP contribution in [0.25, 0.3) is 32.8 Å². The average Bonchev–Trinajstić information content (AvgIpc) is 3.21. The van der Waals surface area contributed by atoms with Gasteiger partial charge in [0.05, 0.1) is 6.61 Å². The number of ether oxygens (including phenoxy) is 1. The van der Waals surface area contributed by atoms with Crippen LogP contribution in [-0.4, -0.2) is 22.2 Å². The van der Waals surface area contributed by atoms with Crippen molar-refractivity contribution in [3.8, 4) is 16.9 Å². The Bertz CT molecular complexity index is 1460. The Morgan fingerprint density at radius 2 is 1.58 bits per heavy atom. The predicted octanol–water partition coefficient (Wildman–Crippen LogP) is 6.94. The van der Waals surface area contributed by atoms with Crippen molar-refractivity contribution < 1.29 is 14.6 Å². The highest BCUT2D eigenvalue weighted by Gasteiger charge is 2.17. The molecule has 0 amide bonds. The number of rotatable bonds is 7. The molecule has 0 unspecified atom stereocenters. The fourth-order valence-corrected chi connectivity index (χ4v) is 4.54. The van der Waals surface area contributed by atoms with Crippen molar-refractivity contribution in [2.75, 3.05) is 6.61 Å². The van der Waals surface area contributed by atoms with Crippen LogP contribution in [-0.2, 0) is 6.54 Å². The van der Waals surface area contributed by atoms with Gasteiger partial charge >= 0.3 is 5.97 Å². The maximum Gasteiger partial charge on any atom is 0.352 e. The van der Waals surface area contributed by atoms with Gasteiger partial charge in [0.2, 0.25) is 0 Å². The number of carboxylic acids is 1. The minimum atomic E-state index is -0.920. The monoisotopic (exact) mass is 435 g/mol. The number of fused-ring (bicyclic) bond motifs is 2. The SMILES string of the molecule is Cc1ccccc1-c1cccc2c1cc(C(=O)O)n2CCCOc1cccc2ccccc12. The van der Waals surface area contributed by atoms with E-state index in [0.717, 1.165) is 44.1 Å². The number of hydrogen-bond acceptors (Lipinski definition) is 2. The third-order valence-electron chi connectivity index (χ3n) is 6.13. The predicted molar refractivity (Wildman–Crippen MR) is 133 cm³/mol. The highest BCUT2D eigenvalue weighted by molar-refractivity contribution is 6.02. The zero-order valence-electron chi connectivity index (χ0n) is 18.5. The van der Waals surface area contributed by atoms with Crippen LogP contribution in [0.1, 0.15) is 22.5 Å². The number of aromatic carboxylic acids is 1. The number of hydrogen-bond donors (Lipinski definition) is 1. The van der Waals surface area contributed by atoms with Crippen molar-refractivity contribution in [3.05, 3.63) is 102 Å². The molecule has 0 radical (unpaired) electrons. The zero-order chi connectivity index (χ0) is 22.8. The van der Waals surface area contributed by atoms with Gasteiger partial charge in [0.25, 0.3) is 0 Å². The third kappa shape index (κ3) is 3.96. The van der Waals surface area contributed by atoms with Gasteiger partial charge in [-0.25, -0.2) is 4.79 Å². The summed E-state index contributed by atoms with van der Waals surface area (Å²) in [6.45, 7) is 3.14. The minimum Gasteiger partial charge on any atom is -0.493 e. The molecule has 1 aromatic heterocycles. The average molecular weight is 436 g/mol. The minimum absolute atomic E-state index is 0.302. The molecule has 5 aromatic rings. The van der Waals surface area contributed by atoms with Crippen LogP contribution < -0.4 is 4.74 Å². The largest absolute Gasteiger partial charge is 0.493 e. The molecule has 0 aliphatic rings. The van der Waals surface area contributed by atoms with E-state index in [-0.39, 0.29) is 0 Å². The zero-order valence-corrected chi connectivity index (χ0v) is 18.5. The topological polar surface area (TPSA) is 51.5 Å². The summed E-state index contributed by atoms with van der Waals surface area (Å²) in [7, 11) is 0. The van der Waals surface area contributed by atoms with Crippen molar-refractivity contribution in [2.24, 2.45) is 0 Å². The first-order chi connectivity index (χ1) is 16.1. The summed E-state index contributed by atoms with van der Waals surface area (Å²) in [6, 6.07) is 30.2. The second kappa shape index (κ2) is 8.83. The molecular formula is C29H25NO3. The van der Waals surface area contributed by atoms with Gasteiger partial charge in [-0.1, -0.05) is 72.8 Å². The molecule has 4 nitrogen and oxygen atoms in total. The summed E-state index contributed by atoms with van der Waals surface area (Å²) in [4.78, 5) is 12.1. The lowest BCUT2D eigenvalue weighted by atomic mass is 9.97. The number of nitrogens with zero attached hydrogens (tertiary/aromatic N) is 1. The molecule has 4 heteroatoms. The summed E-state index contributed by atoms with van der Waals surface area (Å²) in [5.74, 6) is -0.0670. The number of benzene rings is 4. The van der Waals surface area contributed by atoms with Crippen molar-refractivity contribution in [1.29, 1.82) is 0 Å². The Balaban J connectivity index is 1.42. The van der Waals surface area contributed by atoms with E-state index in [1.807, 2.05) is 53.1 Å². The standard InChI is InChI=1S/C29H25NO3/c1-20-9-2-4-12-22(20)24-14-7-15-26-25(24)19-27(29(31)32)30(26)17-8-18-33-28-16-6-11-21-10-3-5-13-23(21)28/h2-7,9-16,19H,8,17-18H2,1H3,(H,31,32). The van der Waals surface area contributed by atoms with E-state index in [1.54, 1.807) is 6.07 Å². The van der Waals surface area contributed by atoms with E-state index in [0.29, 0.717) is 25.3 Å². The van der Waals surface area contributed by atoms with Crippen molar-refractivity contribution in [1.82, 2.24) is 4.57 Å². The molecule has 0 aliphatic carbocycles. The molecular weight excluding hydrogens is 410 g/mol. The van der Waals surface area contributed by atoms with Gasteiger partial charge in [-0.15, -0.1) is 0 Å². The number of carbonyl (C=O) groups is 1. The summed E-state index contributed by atoms with van der Waals surface area (Å²) < 4.78 is 7.97. The molecule has 0 saturated heterocycles. The molecule has 0 saturated carbocycles. The van der Waals surface area contributed by atoms with Crippen LogP contribution >= 0.6 is 0 Å². The van der Waals surface area contributed by atoms with E-state index in [4.69, 9.17) is 4.74 Å². The third-order valence-corrected chi connectivity index (χ3v) is 6.13. The van der Waals surface area contributed by atoms with Crippen molar-refractivity contribution in [3.63, 3.8) is 0 Å². The molecule has 1 N–H and O–H groups in total. The molecule has 0 bridgehead atoms. The van der Waals surface area contributed by atoms with Gasteiger partial charge in [-0.05, 0) is 53.6 Å². The molecule has 0 fully saturated rings. The van der Waals surface area contributed by atoms with Gasteiger partial charge in [-0.3, -0.25) is 0 Å². The molecule has 0 aliphatic heterocycles. The molecule has 0 spiro atoms. The van der Waals surface area contributed by atoms with Crippen molar-refractivity contribution >= 4 is 27.6 Å². The first-order valence-corrected chi connectivity index (χ1v) is 11.2. The molecule has 1 heterocycles. The maximum absolute atomic E-state index is 12.1. The molecule has 164 valence electrons. The lowest BCUT2D eigenvalue weighted by Gasteiger charge is -2.12. The maximum atomic E-state index is 12.1. The Labute approximate surface area is 192 Å². The smallest absolute Gasteiger partial charge is 0.352 e. The number of carboxylic acid groups (broad SMARTS) is 1. The number of aryl methyl sites for hydroxylation is 2. The van der Waals surface area contributed by atoms with Gasteiger partial charge in [-0.2, -0.15) is 0 Å². The summed E-state index contributed by atoms with van der Waals surface area (Å²) in [6.07, 6.45) is 0.696. The molecule has 5 rings (SSSR count). The van der Waals surface area contributed by atoms with Crippen LogP contribution in [0.3, 0.4) is 0 Å². The molecule has 33 heavy (non-hydrogen) atoms. The highest BCUT2D eigenvalue weighted by atomic mass is 16.5.